The molecule has 5 nitrogen and oxygen atoms in total. The van der Waals surface area contributed by atoms with Gasteiger partial charge in [0, 0.05) is 13.1 Å². The minimum atomic E-state index is -3.44. The van der Waals surface area contributed by atoms with E-state index in [2.05, 4.69) is 0 Å². The Kier molecular flexibility index (Phi) is 7.14. The Balaban J connectivity index is 2.79. The van der Waals surface area contributed by atoms with Crippen LogP contribution in [0.1, 0.15) is 33.1 Å². The van der Waals surface area contributed by atoms with Gasteiger partial charge in [-0.2, -0.15) is 4.31 Å². The monoisotopic (exact) mass is 314 g/mol. The van der Waals surface area contributed by atoms with Crippen molar-refractivity contribution >= 4 is 10.0 Å². The molecule has 0 radical (unpaired) electrons. The van der Waals surface area contributed by atoms with E-state index in [9.17, 15) is 8.42 Å². The highest BCUT2D eigenvalue weighted by molar-refractivity contribution is 7.89. The normalized spacial score (nSPS) is 13.4. The highest BCUT2D eigenvalue weighted by Gasteiger charge is 2.24. The molecule has 120 valence electrons. The zero-order valence-electron chi connectivity index (χ0n) is 13.1. The highest BCUT2D eigenvalue weighted by Crippen LogP contribution is 2.21. The molecule has 1 aromatic rings. The Labute approximate surface area is 128 Å². The van der Waals surface area contributed by atoms with Crippen LogP contribution in [0.4, 0.5) is 0 Å². The molecule has 0 aromatic heterocycles. The lowest BCUT2D eigenvalue weighted by atomic mass is 10.2. The van der Waals surface area contributed by atoms with Crippen molar-refractivity contribution < 1.29 is 13.2 Å². The molecule has 0 heterocycles. The molecule has 21 heavy (non-hydrogen) atoms. The fraction of sp³-hybridized carbons (Fsp3) is 0.600. The molecule has 2 N–H and O–H groups in total. The van der Waals surface area contributed by atoms with E-state index in [1.165, 1.54) is 4.31 Å². The Morgan fingerprint density at radius 2 is 1.90 bits per heavy atom. The predicted octanol–water partition coefficient (Wildman–Crippen LogP) is 2.22. The number of ether oxygens (including phenoxy) is 1. The molecule has 0 aliphatic rings. The molecule has 1 atom stereocenters. The van der Waals surface area contributed by atoms with Gasteiger partial charge in [0.2, 0.25) is 10.0 Å². The molecule has 1 rings (SSSR count). The van der Waals surface area contributed by atoms with Crippen LogP contribution in [0.3, 0.4) is 0 Å². The van der Waals surface area contributed by atoms with Gasteiger partial charge in [0.1, 0.15) is 5.75 Å². The summed E-state index contributed by atoms with van der Waals surface area (Å²) in [5, 5.41) is 0. The standard InChI is InChI=1S/C15H26N2O3S/c1-4-6-13(2)17(3)21(18,19)15-9-7-14(8-10-15)20-12-5-11-16/h7-10,13H,4-6,11-12,16H2,1-3H3. The minimum absolute atomic E-state index is 0.0134. The number of rotatable bonds is 9. The summed E-state index contributed by atoms with van der Waals surface area (Å²) in [5.41, 5.74) is 5.40. The lowest BCUT2D eigenvalue weighted by Crippen LogP contribution is -2.34. The fourth-order valence-corrected chi connectivity index (χ4v) is 3.38. The fourth-order valence-electron chi connectivity index (χ4n) is 1.98. The molecule has 0 aliphatic carbocycles. The number of sulfonamides is 1. The van der Waals surface area contributed by atoms with Crippen LogP contribution in [0.25, 0.3) is 0 Å². The van der Waals surface area contributed by atoms with E-state index in [0.29, 0.717) is 23.8 Å². The van der Waals surface area contributed by atoms with E-state index in [1.54, 1.807) is 31.3 Å². The number of nitrogens with two attached hydrogens (primary N) is 1. The van der Waals surface area contributed by atoms with Crippen LogP contribution in [0.15, 0.2) is 29.2 Å². The lowest BCUT2D eigenvalue weighted by Gasteiger charge is -2.24. The van der Waals surface area contributed by atoms with Crippen molar-refractivity contribution in [2.75, 3.05) is 20.2 Å². The van der Waals surface area contributed by atoms with Gasteiger partial charge in [0.05, 0.1) is 11.5 Å². The van der Waals surface area contributed by atoms with Gasteiger partial charge in [0.25, 0.3) is 0 Å². The first-order chi connectivity index (χ1) is 9.93. The smallest absolute Gasteiger partial charge is 0.243 e. The minimum Gasteiger partial charge on any atom is -0.494 e. The van der Waals surface area contributed by atoms with Crippen LogP contribution in [-0.4, -0.2) is 39.0 Å². The quantitative estimate of drug-likeness (QED) is 0.709. The molecule has 0 spiro atoms. The van der Waals surface area contributed by atoms with E-state index >= 15 is 0 Å². The second-order valence-corrected chi connectivity index (χ2v) is 7.12. The summed E-state index contributed by atoms with van der Waals surface area (Å²) in [6, 6.07) is 6.52. The van der Waals surface area contributed by atoms with Gasteiger partial charge >= 0.3 is 0 Å². The second kappa shape index (κ2) is 8.36. The lowest BCUT2D eigenvalue weighted by molar-refractivity contribution is 0.313. The van der Waals surface area contributed by atoms with Crippen LogP contribution in [0, 0.1) is 0 Å². The number of hydrogen-bond donors (Lipinski definition) is 1. The second-order valence-electron chi connectivity index (χ2n) is 5.12. The van der Waals surface area contributed by atoms with Gasteiger partial charge in [-0.3, -0.25) is 0 Å². The third-order valence-electron chi connectivity index (χ3n) is 3.45. The van der Waals surface area contributed by atoms with Crippen molar-refractivity contribution in [2.45, 2.75) is 44.0 Å². The van der Waals surface area contributed by atoms with Crippen LogP contribution in [0.2, 0.25) is 0 Å². The maximum Gasteiger partial charge on any atom is 0.243 e. The SMILES string of the molecule is CCCC(C)N(C)S(=O)(=O)c1ccc(OCCCN)cc1. The first-order valence-corrected chi connectivity index (χ1v) is 8.78. The molecule has 0 saturated carbocycles. The van der Waals surface area contributed by atoms with Crippen molar-refractivity contribution in [2.24, 2.45) is 5.73 Å². The van der Waals surface area contributed by atoms with Crippen LogP contribution >= 0.6 is 0 Å². The average Bonchev–Trinajstić information content (AvgIpc) is 2.47. The summed E-state index contributed by atoms with van der Waals surface area (Å²) < 4.78 is 31.9. The van der Waals surface area contributed by atoms with E-state index in [4.69, 9.17) is 10.5 Å². The maximum atomic E-state index is 12.5. The third kappa shape index (κ3) is 4.98. The van der Waals surface area contributed by atoms with Crippen molar-refractivity contribution in [1.82, 2.24) is 4.31 Å². The average molecular weight is 314 g/mol. The van der Waals surface area contributed by atoms with Crippen LogP contribution < -0.4 is 10.5 Å². The largest absolute Gasteiger partial charge is 0.494 e. The highest BCUT2D eigenvalue weighted by atomic mass is 32.2. The van der Waals surface area contributed by atoms with Gasteiger partial charge in [-0.05, 0) is 50.6 Å². The maximum absolute atomic E-state index is 12.5. The Morgan fingerprint density at radius 1 is 1.29 bits per heavy atom. The molecule has 0 saturated heterocycles. The molecule has 0 amide bonds. The molecule has 0 bridgehead atoms. The number of nitrogens with zero attached hydrogens (tertiary/aromatic N) is 1. The Bertz CT molecular complexity index is 514. The first kappa shape index (κ1) is 17.9. The molecule has 0 aliphatic heterocycles. The summed E-state index contributed by atoms with van der Waals surface area (Å²) in [6.07, 6.45) is 2.57. The molecule has 6 heteroatoms. The Morgan fingerprint density at radius 3 is 2.43 bits per heavy atom. The summed E-state index contributed by atoms with van der Waals surface area (Å²) in [4.78, 5) is 0.291. The van der Waals surface area contributed by atoms with E-state index in [0.717, 1.165) is 19.3 Å². The van der Waals surface area contributed by atoms with Crippen molar-refractivity contribution in [1.29, 1.82) is 0 Å². The van der Waals surface area contributed by atoms with Gasteiger partial charge in [-0.1, -0.05) is 13.3 Å². The van der Waals surface area contributed by atoms with Gasteiger partial charge in [-0.25, -0.2) is 8.42 Å². The number of hydrogen-bond acceptors (Lipinski definition) is 4. The molecular weight excluding hydrogens is 288 g/mol. The molecule has 1 unspecified atom stereocenters. The van der Waals surface area contributed by atoms with Gasteiger partial charge in [-0.15, -0.1) is 0 Å². The summed E-state index contributed by atoms with van der Waals surface area (Å²) in [5.74, 6) is 0.659. The van der Waals surface area contributed by atoms with Crippen LogP contribution in [-0.2, 0) is 10.0 Å². The predicted molar refractivity (Wildman–Crippen MR) is 84.9 cm³/mol. The van der Waals surface area contributed by atoms with Crippen molar-refractivity contribution in [3.63, 3.8) is 0 Å². The van der Waals surface area contributed by atoms with Crippen molar-refractivity contribution in [3.8, 4) is 5.75 Å². The number of benzene rings is 1. The van der Waals surface area contributed by atoms with E-state index in [1.807, 2.05) is 13.8 Å². The zero-order valence-corrected chi connectivity index (χ0v) is 13.9. The third-order valence-corrected chi connectivity index (χ3v) is 5.43. The summed E-state index contributed by atoms with van der Waals surface area (Å²) >= 11 is 0. The van der Waals surface area contributed by atoms with E-state index < -0.39 is 10.0 Å². The molecular formula is C15H26N2O3S. The van der Waals surface area contributed by atoms with Crippen molar-refractivity contribution in [3.05, 3.63) is 24.3 Å². The topological polar surface area (TPSA) is 72.6 Å². The summed E-state index contributed by atoms with van der Waals surface area (Å²) in [6.45, 7) is 5.08. The van der Waals surface area contributed by atoms with E-state index in [-0.39, 0.29) is 6.04 Å². The van der Waals surface area contributed by atoms with Gasteiger partial charge < -0.3 is 10.5 Å². The zero-order chi connectivity index (χ0) is 15.9. The van der Waals surface area contributed by atoms with Gasteiger partial charge in [0.15, 0.2) is 0 Å². The molecule has 0 fully saturated rings. The molecule has 1 aromatic carbocycles. The summed E-state index contributed by atoms with van der Waals surface area (Å²) in [7, 11) is -1.82. The first-order valence-electron chi connectivity index (χ1n) is 7.34. The van der Waals surface area contributed by atoms with Crippen LogP contribution in [0.5, 0.6) is 5.75 Å². The Hall–Kier alpha value is -1.11.